The summed E-state index contributed by atoms with van der Waals surface area (Å²) in [5.41, 5.74) is -0.178. The van der Waals surface area contributed by atoms with Gasteiger partial charge < -0.3 is 14.4 Å². The van der Waals surface area contributed by atoms with Crippen molar-refractivity contribution in [2.24, 2.45) is 10.3 Å². The molecule has 0 N–H and O–H groups in total. The molecule has 0 bridgehead atoms. The average Bonchev–Trinajstić information content (AvgIpc) is 2.16. The molecule has 0 rings (SSSR count). The Balaban J connectivity index is 4.46. The summed E-state index contributed by atoms with van der Waals surface area (Å²) in [6.07, 6.45) is 2.09. The maximum Gasteiger partial charge on any atom is 0.362 e. The molecule has 0 saturated heterocycles. The van der Waals surface area contributed by atoms with Crippen molar-refractivity contribution in [1.29, 1.82) is 0 Å². The summed E-state index contributed by atoms with van der Waals surface area (Å²) in [6, 6.07) is 0. The quantitative estimate of drug-likeness (QED) is 0.368. The number of rotatable bonds is 5. The van der Waals surface area contributed by atoms with Gasteiger partial charge in [-0.2, -0.15) is 0 Å². The zero-order valence-electron chi connectivity index (χ0n) is 8.60. The highest BCUT2D eigenvalue weighted by atomic mass is 16.6. The molecule has 14 heavy (non-hydrogen) atoms. The van der Waals surface area contributed by atoms with Crippen LogP contribution in [0.25, 0.3) is 0 Å². The van der Waals surface area contributed by atoms with Crippen LogP contribution in [0.15, 0.2) is 10.3 Å². The third kappa shape index (κ3) is 5.13. The van der Waals surface area contributed by atoms with E-state index in [1.807, 2.05) is 0 Å². The minimum absolute atomic E-state index is 0.140. The van der Waals surface area contributed by atoms with Gasteiger partial charge in [0.2, 0.25) is 5.71 Å². The molecule has 0 aliphatic carbocycles. The van der Waals surface area contributed by atoms with Crippen LogP contribution in [-0.2, 0) is 19.2 Å². The summed E-state index contributed by atoms with van der Waals surface area (Å²) in [4.78, 5) is 20.2. The molecule has 0 aliphatic rings. The minimum atomic E-state index is -0.688. The third-order valence-electron chi connectivity index (χ3n) is 0.976. The van der Waals surface area contributed by atoms with Gasteiger partial charge in [-0.3, -0.25) is 0 Å². The Labute approximate surface area is 82.5 Å². The van der Waals surface area contributed by atoms with E-state index >= 15 is 0 Å². The number of ether oxygens (including phenoxy) is 1. The van der Waals surface area contributed by atoms with Crippen LogP contribution in [0.1, 0.15) is 13.8 Å². The number of nitrogens with zero attached hydrogens (tertiary/aromatic N) is 2. The van der Waals surface area contributed by atoms with Gasteiger partial charge in [0.05, 0.1) is 7.11 Å². The highest BCUT2D eigenvalue weighted by molar-refractivity contribution is 6.59. The third-order valence-corrected chi connectivity index (χ3v) is 0.976. The molecule has 79 valence electrons. The molecule has 0 heterocycles. The van der Waals surface area contributed by atoms with E-state index in [0.29, 0.717) is 0 Å². The lowest BCUT2D eigenvalue weighted by Crippen LogP contribution is -2.18. The Bertz CT molecular complexity index is 235. The molecule has 0 aromatic rings. The topological polar surface area (TPSA) is 69.5 Å². The van der Waals surface area contributed by atoms with E-state index in [1.54, 1.807) is 13.8 Å². The Morgan fingerprint density at radius 1 is 1.36 bits per heavy atom. The maximum atomic E-state index is 11.0. The Morgan fingerprint density at radius 3 is 2.43 bits per heavy atom. The van der Waals surface area contributed by atoms with E-state index in [1.165, 1.54) is 14.2 Å². The average molecular weight is 201 g/mol. The molecule has 0 aromatic carbocycles. The first-order valence-electron chi connectivity index (χ1n) is 3.93. The Morgan fingerprint density at radius 2 is 2.00 bits per heavy atom. The fourth-order valence-corrected chi connectivity index (χ4v) is 0.447. The van der Waals surface area contributed by atoms with Gasteiger partial charge in [0.1, 0.15) is 13.2 Å². The smallest absolute Gasteiger partial charge is 0.362 e. The number of carbonyl (C=O) groups excluding carboxylic acids is 1. The van der Waals surface area contributed by atoms with Crippen molar-refractivity contribution in [3.8, 4) is 0 Å². The van der Waals surface area contributed by atoms with Crippen LogP contribution in [0.2, 0.25) is 0 Å². The lowest BCUT2D eigenvalue weighted by molar-refractivity contribution is -0.132. The monoisotopic (exact) mass is 201 g/mol. The summed E-state index contributed by atoms with van der Waals surface area (Å²) < 4.78 is 4.41. The first kappa shape index (κ1) is 12.4. The van der Waals surface area contributed by atoms with E-state index < -0.39 is 5.97 Å². The minimum Gasteiger partial charge on any atom is -0.464 e. The SMILES string of the molecule is CON=[C]C(=NOC(C)C)C(=O)OC. The van der Waals surface area contributed by atoms with Crippen molar-refractivity contribution in [3.05, 3.63) is 0 Å². The van der Waals surface area contributed by atoms with Gasteiger partial charge in [-0.25, -0.2) is 4.79 Å². The van der Waals surface area contributed by atoms with E-state index in [4.69, 9.17) is 4.84 Å². The predicted molar refractivity (Wildman–Crippen MR) is 50.1 cm³/mol. The van der Waals surface area contributed by atoms with Crippen LogP contribution < -0.4 is 0 Å². The second-order valence-corrected chi connectivity index (χ2v) is 2.47. The lowest BCUT2D eigenvalue weighted by atomic mass is 10.4. The number of oxime groups is 1. The largest absolute Gasteiger partial charge is 0.464 e. The molecular weight excluding hydrogens is 188 g/mol. The summed E-state index contributed by atoms with van der Waals surface area (Å²) in [7, 11) is 2.55. The van der Waals surface area contributed by atoms with Gasteiger partial charge in [-0.1, -0.05) is 10.3 Å². The second kappa shape index (κ2) is 6.88. The molecule has 0 spiro atoms. The van der Waals surface area contributed by atoms with Crippen molar-refractivity contribution < 1.29 is 19.2 Å². The highest BCUT2D eigenvalue weighted by Gasteiger charge is 2.11. The molecular formula is C8H13N2O4. The van der Waals surface area contributed by atoms with Crippen LogP contribution >= 0.6 is 0 Å². The predicted octanol–water partition coefficient (Wildman–Crippen LogP) is 0.450. The maximum absolute atomic E-state index is 11.0. The fourth-order valence-electron chi connectivity index (χ4n) is 0.447. The van der Waals surface area contributed by atoms with Crippen molar-refractivity contribution in [2.45, 2.75) is 20.0 Å². The summed E-state index contributed by atoms with van der Waals surface area (Å²) in [6.45, 7) is 3.54. The van der Waals surface area contributed by atoms with Crippen LogP contribution in [0.4, 0.5) is 0 Å². The molecule has 0 aromatic heterocycles. The highest BCUT2D eigenvalue weighted by Crippen LogP contribution is 1.90. The zero-order valence-corrected chi connectivity index (χ0v) is 8.60. The van der Waals surface area contributed by atoms with Crippen molar-refractivity contribution >= 4 is 17.9 Å². The fraction of sp³-hybridized carbons (Fsp3) is 0.625. The van der Waals surface area contributed by atoms with Gasteiger partial charge in [-0.15, -0.1) is 0 Å². The molecule has 6 heteroatoms. The lowest BCUT2D eigenvalue weighted by Gasteiger charge is -2.02. The molecule has 6 nitrogen and oxygen atoms in total. The first-order valence-corrected chi connectivity index (χ1v) is 3.93. The van der Waals surface area contributed by atoms with Gasteiger partial charge in [0, 0.05) is 0 Å². The van der Waals surface area contributed by atoms with Crippen molar-refractivity contribution in [1.82, 2.24) is 0 Å². The standard InChI is InChI=1S/C8H13N2O4/c1-6(2)14-10-7(5-9-13-4)8(11)12-3/h6H,1-4H3. The zero-order chi connectivity index (χ0) is 11.0. The summed E-state index contributed by atoms with van der Waals surface area (Å²) in [5.74, 6) is -0.688. The van der Waals surface area contributed by atoms with E-state index in [2.05, 4.69) is 26.1 Å². The van der Waals surface area contributed by atoms with E-state index in [9.17, 15) is 4.79 Å². The molecule has 0 atom stereocenters. The number of carbonyl (C=O) groups is 1. The molecule has 0 amide bonds. The Kier molecular flexibility index (Phi) is 6.09. The number of methoxy groups -OCH3 is 1. The second-order valence-electron chi connectivity index (χ2n) is 2.47. The van der Waals surface area contributed by atoms with Crippen molar-refractivity contribution in [2.75, 3.05) is 14.2 Å². The molecule has 0 fully saturated rings. The van der Waals surface area contributed by atoms with Crippen molar-refractivity contribution in [3.63, 3.8) is 0 Å². The van der Waals surface area contributed by atoms with Gasteiger partial charge in [0.15, 0.2) is 6.21 Å². The number of hydrogen-bond donors (Lipinski definition) is 0. The molecule has 0 aliphatic heterocycles. The van der Waals surface area contributed by atoms with E-state index in [-0.39, 0.29) is 11.8 Å². The van der Waals surface area contributed by atoms with Gasteiger partial charge in [-0.05, 0) is 13.8 Å². The summed E-state index contributed by atoms with van der Waals surface area (Å²) >= 11 is 0. The molecule has 0 saturated carbocycles. The normalized spacial score (nSPS) is 11.9. The van der Waals surface area contributed by atoms with Gasteiger partial charge >= 0.3 is 5.97 Å². The molecule has 0 unspecified atom stereocenters. The molecule has 1 radical (unpaired) electrons. The Hall–Kier alpha value is -1.59. The van der Waals surface area contributed by atoms with Crippen LogP contribution in [0.3, 0.4) is 0 Å². The van der Waals surface area contributed by atoms with E-state index in [0.717, 1.165) is 0 Å². The summed E-state index contributed by atoms with van der Waals surface area (Å²) in [5, 5.41) is 6.75. The van der Waals surface area contributed by atoms with Crippen LogP contribution in [0, 0.1) is 0 Å². The van der Waals surface area contributed by atoms with Gasteiger partial charge in [0.25, 0.3) is 0 Å². The van der Waals surface area contributed by atoms with Crippen LogP contribution in [0.5, 0.6) is 0 Å². The first-order chi connectivity index (χ1) is 6.61. The van der Waals surface area contributed by atoms with Crippen LogP contribution in [-0.4, -0.2) is 38.2 Å². The number of esters is 1. The number of hydrogen-bond acceptors (Lipinski definition) is 6.